The Morgan fingerprint density at radius 2 is 1.88 bits per heavy atom. The lowest BCUT2D eigenvalue weighted by molar-refractivity contribution is 0.583. The Kier molecular flexibility index (Phi) is 2.04. The minimum atomic E-state index is -2.38. The fraction of sp³-hybridized carbons (Fsp3) is 0.667. The fourth-order valence-corrected chi connectivity index (χ4v) is 0.834. The molecule has 4 N–H and O–H groups in total. The monoisotopic (exact) mass is 135 g/mol. The van der Waals surface area contributed by atoms with Crippen molar-refractivity contribution in [1.29, 1.82) is 0 Å². The third kappa shape index (κ3) is 5.50. The maximum Gasteiger partial charge on any atom is 0.192 e. The van der Waals surface area contributed by atoms with Gasteiger partial charge in [-0.05, 0) is 0 Å². The average molecular weight is 135 g/mol. The minimum absolute atomic E-state index is 0.113. The molecule has 0 bridgehead atoms. The molecule has 0 radical (unpaired) electrons. The Bertz CT molecular complexity index is 143. The molecule has 0 heterocycles. The summed E-state index contributed by atoms with van der Waals surface area (Å²) in [7, 11) is -2.38. The van der Waals surface area contributed by atoms with Crippen LogP contribution in [0.15, 0.2) is 4.76 Å². The van der Waals surface area contributed by atoms with Gasteiger partial charge in [-0.3, -0.25) is 4.57 Å². The second-order valence-corrected chi connectivity index (χ2v) is 4.61. The largest absolute Gasteiger partial charge is 0.370 e. The summed E-state index contributed by atoms with van der Waals surface area (Å²) >= 11 is 0. The maximum absolute atomic E-state index is 10.7. The van der Waals surface area contributed by atoms with Crippen LogP contribution in [0.4, 0.5) is 0 Å². The van der Waals surface area contributed by atoms with Gasteiger partial charge in [0.2, 0.25) is 0 Å². The van der Waals surface area contributed by atoms with Crippen molar-refractivity contribution in [3.05, 3.63) is 0 Å². The van der Waals surface area contributed by atoms with Gasteiger partial charge in [-0.2, -0.15) is 4.76 Å². The number of nitrogens with two attached hydrogens (primary N) is 2. The smallest absolute Gasteiger partial charge is 0.192 e. The molecule has 8 heavy (non-hydrogen) atoms. The zero-order valence-corrected chi connectivity index (χ0v) is 5.85. The zero-order valence-electron chi connectivity index (χ0n) is 4.96. The highest BCUT2D eigenvalue weighted by Gasteiger charge is 2.01. The molecule has 0 aliphatic heterocycles. The number of hydrogen-bond donors (Lipinski definition) is 2. The fourth-order valence-electron chi connectivity index (χ4n) is 0.278. The van der Waals surface area contributed by atoms with Crippen LogP contribution in [0.3, 0.4) is 0 Å². The summed E-state index contributed by atoms with van der Waals surface area (Å²) in [6.45, 7) is 2.99. The molecule has 0 amide bonds. The molecular weight excluding hydrogens is 125 g/mol. The topological polar surface area (TPSA) is 81.5 Å². The summed E-state index contributed by atoms with van der Waals surface area (Å²) in [4.78, 5) is 0. The number of guanidine groups is 1. The predicted octanol–water partition coefficient (Wildman–Crippen LogP) is -0.203. The van der Waals surface area contributed by atoms with Gasteiger partial charge in [-0.15, -0.1) is 0 Å². The molecule has 0 aliphatic carbocycles. The van der Waals surface area contributed by atoms with Crippen LogP contribution < -0.4 is 11.5 Å². The van der Waals surface area contributed by atoms with Crippen LogP contribution in [-0.4, -0.2) is 19.3 Å². The lowest BCUT2D eigenvalue weighted by Gasteiger charge is -1.96. The SMILES string of the molecule is CP(C)(=O)N=C(N)N. The van der Waals surface area contributed by atoms with Gasteiger partial charge in [0.1, 0.15) is 0 Å². The summed E-state index contributed by atoms with van der Waals surface area (Å²) in [5.74, 6) is -0.113. The van der Waals surface area contributed by atoms with Crippen LogP contribution in [0.1, 0.15) is 0 Å². The predicted molar refractivity (Wildman–Crippen MR) is 35.3 cm³/mol. The van der Waals surface area contributed by atoms with E-state index >= 15 is 0 Å². The van der Waals surface area contributed by atoms with E-state index in [2.05, 4.69) is 4.76 Å². The highest BCUT2D eigenvalue weighted by atomic mass is 31.2. The Hall–Kier alpha value is -0.500. The Balaban J connectivity index is 4.11. The van der Waals surface area contributed by atoms with Crippen LogP contribution in [0.5, 0.6) is 0 Å². The van der Waals surface area contributed by atoms with Crippen molar-refractivity contribution >= 4 is 13.3 Å². The van der Waals surface area contributed by atoms with Crippen molar-refractivity contribution in [3.63, 3.8) is 0 Å². The van der Waals surface area contributed by atoms with Crippen molar-refractivity contribution in [2.24, 2.45) is 16.2 Å². The molecule has 0 saturated heterocycles. The molecule has 4 nitrogen and oxygen atoms in total. The van der Waals surface area contributed by atoms with E-state index < -0.39 is 7.29 Å². The first-order valence-corrected chi connectivity index (χ1v) is 4.63. The number of nitrogens with zero attached hydrogens (tertiary/aromatic N) is 1. The number of hydrogen-bond acceptors (Lipinski definition) is 1. The first kappa shape index (κ1) is 7.50. The minimum Gasteiger partial charge on any atom is -0.370 e. The van der Waals surface area contributed by atoms with Crippen molar-refractivity contribution in [2.75, 3.05) is 13.3 Å². The molecule has 0 aromatic carbocycles. The average Bonchev–Trinajstić information content (AvgIpc) is 1.21. The van der Waals surface area contributed by atoms with Crippen molar-refractivity contribution < 1.29 is 4.57 Å². The molecule has 0 aliphatic rings. The molecule has 0 aromatic heterocycles. The highest BCUT2D eigenvalue weighted by molar-refractivity contribution is 7.61. The van der Waals surface area contributed by atoms with E-state index in [0.717, 1.165) is 0 Å². The second-order valence-electron chi connectivity index (χ2n) is 1.82. The third-order valence-electron chi connectivity index (χ3n) is 0.356. The van der Waals surface area contributed by atoms with Gasteiger partial charge in [0, 0.05) is 13.3 Å². The molecule has 0 aromatic rings. The van der Waals surface area contributed by atoms with E-state index in [0.29, 0.717) is 0 Å². The summed E-state index contributed by atoms with van der Waals surface area (Å²) in [5, 5.41) is 0. The lowest BCUT2D eigenvalue weighted by atomic mass is 11.1. The summed E-state index contributed by atoms with van der Waals surface area (Å²) < 4.78 is 14.1. The molecule has 5 heteroatoms. The van der Waals surface area contributed by atoms with Gasteiger partial charge in [-0.25, -0.2) is 0 Å². The van der Waals surface area contributed by atoms with Crippen molar-refractivity contribution in [3.8, 4) is 0 Å². The standard InChI is InChI=1S/C3H10N3OP/c1-8(2,7)6-3(4)5/h1-2H3,(H4,4,5,6,7). The highest BCUT2D eigenvalue weighted by Crippen LogP contribution is 2.36. The van der Waals surface area contributed by atoms with Gasteiger partial charge in [0.05, 0.1) is 0 Å². The molecule has 48 valence electrons. The summed E-state index contributed by atoms with van der Waals surface area (Å²) in [6.07, 6.45) is 0. The van der Waals surface area contributed by atoms with Gasteiger partial charge < -0.3 is 11.5 Å². The zero-order chi connectivity index (χ0) is 6.78. The molecule has 0 spiro atoms. The quantitative estimate of drug-likeness (QED) is 0.296. The van der Waals surface area contributed by atoms with Crippen molar-refractivity contribution in [1.82, 2.24) is 0 Å². The van der Waals surface area contributed by atoms with Gasteiger partial charge in [-0.1, -0.05) is 0 Å². The molecule has 0 saturated carbocycles. The maximum atomic E-state index is 10.7. The van der Waals surface area contributed by atoms with Gasteiger partial charge in [0.15, 0.2) is 13.3 Å². The Morgan fingerprint density at radius 1 is 1.50 bits per heavy atom. The van der Waals surface area contributed by atoms with Gasteiger partial charge in [0.25, 0.3) is 0 Å². The number of rotatable bonds is 1. The van der Waals surface area contributed by atoms with Crippen LogP contribution in [0.25, 0.3) is 0 Å². The van der Waals surface area contributed by atoms with Crippen LogP contribution >= 0.6 is 7.29 Å². The molecule has 0 rings (SSSR count). The summed E-state index contributed by atoms with van der Waals surface area (Å²) in [6, 6.07) is 0. The first-order valence-electron chi connectivity index (χ1n) is 2.08. The molecule has 0 atom stereocenters. The Labute approximate surface area is 48.4 Å². The van der Waals surface area contributed by atoms with Gasteiger partial charge >= 0.3 is 0 Å². The third-order valence-corrected chi connectivity index (χ3v) is 1.07. The first-order chi connectivity index (χ1) is 3.42. The van der Waals surface area contributed by atoms with E-state index in [1.807, 2.05) is 0 Å². The second kappa shape index (κ2) is 2.18. The lowest BCUT2D eigenvalue weighted by Crippen LogP contribution is -2.22. The van der Waals surface area contributed by atoms with E-state index in [9.17, 15) is 4.57 Å². The molecular formula is C3H10N3OP. The van der Waals surface area contributed by atoms with Crippen molar-refractivity contribution in [2.45, 2.75) is 0 Å². The summed E-state index contributed by atoms with van der Waals surface area (Å²) in [5.41, 5.74) is 9.87. The Morgan fingerprint density at radius 3 is 1.88 bits per heavy atom. The normalized spacial score (nSPS) is 10.8. The van der Waals surface area contributed by atoms with E-state index in [1.165, 1.54) is 13.3 Å². The molecule has 0 unspecified atom stereocenters. The van der Waals surface area contributed by atoms with Crippen LogP contribution in [-0.2, 0) is 4.57 Å². The van der Waals surface area contributed by atoms with E-state index in [1.54, 1.807) is 0 Å². The van der Waals surface area contributed by atoms with E-state index in [-0.39, 0.29) is 5.96 Å². The van der Waals surface area contributed by atoms with Crippen LogP contribution in [0, 0.1) is 0 Å². The van der Waals surface area contributed by atoms with E-state index in [4.69, 9.17) is 11.5 Å². The van der Waals surface area contributed by atoms with Crippen LogP contribution in [0.2, 0.25) is 0 Å². The molecule has 0 fully saturated rings.